The number of aryl methyl sites for hydroxylation is 1. The smallest absolute Gasteiger partial charge is 0.289 e. The molecule has 114 valence electrons. The van der Waals surface area contributed by atoms with Crippen molar-refractivity contribution in [3.8, 4) is 0 Å². The van der Waals surface area contributed by atoms with Gasteiger partial charge in [-0.15, -0.1) is 0 Å². The van der Waals surface area contributed by atoms with E-state index in [2.05, 4.69) is 10.3 Å². The predicted octanol–water partition coefficient (Wildman–Crippen LogP) is 3.25. The molecule has 4 heteroatoms. The molecular formula is C17H24N2O2. The minimum absolute atomic E-state index is 0.0750. The van der Waals surface area contributed by atoms with Crippen LogP contribution in [-0.2, 0) is 6.42 Å². The van der Waals surface area contributed by atoms with Crippen LogP contribution in [0.3, 0.4) is 0 Å². The van der Waals surface area contributed by atoms with Gasteiger partial charge < -0.3 is 9.73 Å². The molecule has 0 saturated heterocycles. The van der Waals surface area contributed by atoms with Crippen molar-refractivity contribution in [2.24, 2.45) is 17.3 Å². The largest absolute Gasteiger partial charge is 0.435 e. The highest BCUT2D eigenvalue weighted by Gasteiger charge is 2.49. The maximum Gasteiger partial charge on any atom is 0.289 e. The molecular weight excluding hydrogens is 264 g/mol. The van der Waals surface area contributed by atoms with Crippen LogP contribution in [0.4, 0.5) is 0 Å². The normalized spacial score (nSPS) is 23.7. The van der Waals surface area contributed by atoms with E-state index in [1.165, 1.54) is 44.9 Å². The molecule has 1 aromatic rings. The van der Waals surface area contributed by atoms with Crippen LogP contribution in [0.5, 0.6) is 0 Å². The average molecular weight is 288 g/mol. The molecule has 0 spiro atoms. The van der Waals surface area contributed by atoms with E-state index in [-0.39, 0.29) is 5.91 Å². The summed E-state index contributed by atoms with van der Waals surface area (Å²) in [5, 5.41) is 3.11. The average Bonchev–Trinajstić information content (AvgIpc) is 3.29. The lowest BCUT2D eigenvalue weighted by Crippen LogP contribution is -2.43. The highest BCUT2D eigenvalue weighted by molar-refractivity contribution is 5.92. The zero-order valence-corrected chi connectivity index (χ0v) is 12.8. The number of nitrogens with one attached hydrogen (secondary N) is 1. The first-order valence-corrected chi connectivity index (χ1v) is 8.41. The van der Waals surface area contributed by atoms with Gasteiger partial charge in [-0.2, -0.15) is 0 Å². The molecule has 1 heterocycles. The SMILES string of the molecule is Cc1nc(CC2CC2)oc1C(=O)NCC1(C2CC2)CCC1. The molecule has 1 aromatic heterocycles. The van der Waals surface area contributed by atoms with E-state index < -0.39 is 0 Å². The molecule has 21 heavy (non-hydrogen) atoms. The summed E-state index contributed by atoms with van der Waals surface area (Å²) in [6.45, 7) is 2.68. The fraction of sp³-hybridized carbons (Fsp3) is 0.765. The Labute approximate surface area is 125 Å². The zero-order valence-electron chi connectivity index (χ0n) is 12.8. The first kappa shape index (κ1) is 13.4. The molecule has 4 nitrogen and oxygen atoms in total. The first-order chi connectivity index (χ1) is 10.2. The van der Waals surface area contributed by atoms with Crippen molar-refractivity contribution >= 4 is 5.91 Å². The summed E-state index contributed by atoms with van der Waals surface area (Å²) in [7, 11) is 0. The quantitative estimate of drug-likeness (QED) is 0.874. The molecule has 0 bridgehead atoms. The molecule has 4 rings (SSSR count). The topological polar surface area (TPSA) is 55.1 Å². The lowest BCUT2D eigenvalue weighted by Gasteiger charge is -2.42. The summed E-state index contributed by atoms with van der Waals surface area (Å²) < 4.78 is 5.70. The highest BCUT2D eigenvalue weighted by Crippen LogP contribution is 2.56. The van der Waals surface area contributed by atoms with Crippen molar-refractivity contribution in [2.75, 3.05) is 6.54 Å². The molecule has 1 amide bonds. The van der Waals surface area contributed by atoms with Crippen molar-refractivity contribution in [3.63, 3.8) is 0 Å². The molecule has 0 atom stereocenters. The number of oxazole rings is 1. The Bertz CT molecular complexity index is 551. The van der Waals surface area contributed by atoms with Gasteiger partial charge in [0.05, 0.1) is 5.69 Å². The third-order valence-electron chi connectivity index (χ3n) is 5.60. The van der Waals surface area contributed by atoms with Gasteiger partial charge in [-0.3, -0.25) is 4.79 Å². The Morgan fingerprint density at radius 1 is 1.33 bits per heavy atom. The van der Waals surface area contributed by atoms with Crippen LogP contribution in [0.1, 0.15) is 67.1 Å². The monoisotopic (exact) mass is 288 g/mol. The summed E-state index contributed by atoms with van der Waals surface area (Å²) in [4.78, 5) is 16.8. The second-order valence-corrected chi connectivity index (χ2v) is 7.34. The number of amides is 1. The predicted molar refractivity (Wildman–Crippen MR) is 79.0 cm³/mol. The Morgan fingerprint density at radius 3 is 2.67 bits per heavy atom. The second kappa shape index (κ2) is 4.85. The Morgan fingerprint density at radius 2 is 2.10 bits per heavy atom. The number of aromatic nitrogens is 1. The Kier molecular flexibility index (Phi) is 3.09. The van der Waals surface area contributed by atoms with Crippen LogP contribution >= 0.6 is 0 Å². The number of hydrogen-bond acceptors (Lipinski definition) is 3. The van der Waals surface area contributed by atoms with E-state index in [0.29, 0.717) is 11.2 Å². The minimum Gasteiger partial charge on any atom is -0.435 e. The lowest BCUT2D eigenvalue weighted by molar-refractivity contribution is 0.0759. The van der Waals surface area contributed by atoms with Crippen molar-refractivity contribution in [1.82, 2.24) is 10.3 Å². The van der Waals surface area contributed by atoms with Gasteiger partial charge in [0.2, 0.25) is 5.76 Å². The Hall–Kier alpha value is -1.32. The van der Waals surface area contributed by atoms with E-state index >= 15 is 0 Å². The van der Waals surface area contributed by atoms with Gasteiger partial charge in [-0.25, -0.2) is 4.98 Å². The van der Waals surface area contributed by atoms with Crippen LogP contribution in [-0.4, -0.2) is 17.4 Å². The molecule has 0 radical (unpaired) electrons. The number of nitrogens with zero attached hydrogens (tertiary/aromatic N) is 1. The fourth-order valence-corrected chi connectivity index (χ4v) is 3.71. The lowest BCUT2D eigenvalue weighted by atomic mass is 9.65. The number of carbonyl (C=O) groups is 1. The van der Waals surface area contributed by atoms with Gasteiger partial charge in [0.15, 0.2) is 5.89 Å². The number of rotatable bonds is 6. The van der Waals surface area contributed by atoms with Gasteiger partial charge >= 0.3 is 0 Å². The molecule has 3 fully saturated rings. The maximum atomic E-state index is 12.4. The van der Waals surface area contributed by atoms with Gasteiger partial charge in [-0.1, -0.05) is 6.42 Å². The van der Waals surface area contributed by atoms with Gasteiger partial charge in [0, 0.05) is 13.0 Å². The van der Waals surface area contributed by atoms with Gasteiger partial charge in [0.25, 0.3) is 5.91 Å². The second-order valence-electron chi connectivity index (χ2n) is 7.34. The summed E-state index contributed by atoms with van der Waals surface area (Å²) in [5.74, 6) is 2.67. The third-order valence-corrected chi connectivity index (χ3v) is 5.60. The van der Waals surface area contributed by atoms with Crippen LogP contribution in [0.15, 0.2) is 4.42 Å². The van der Waals surface area contributed by atoms with Crippen molar-refractivity contribution < 1.29 is 9.21 Å². The molecule has 3 aliphatic rings. The van der Waals surface area contributed by atoms with E-state index in [9.17, 15) is 4.79 Å². The number of carbonyl (C=O) groups excluding carboxylic acids is 1. The first-order valence-electron chi connectivity index (χ1n) is 8.41. The summed E-state index contributed by atoms with van der Waals surface area (Å²) in [6.07, 6.45) is 10.0. The van der Waals surface area contributed by atoms with E-state index in [0.717, 1.165) is 36.4 Å². The van der Waals surface area contributed by atoms with Crippen LogP contribution < -0.4 is 5.32 Å². The van der Waals surface area contributed by atoms with Gasteiger partial charge in [0.1, 0.15) is 0 Å². The van der Waals surface area contributed by atoms with Gasteiger partial charge in [-0.05, 0) is 62.7 Å². The molecule has 0 unspecified atom stereocenters. The highest BCUT2D eigenvalue weighted by atomic mass is 16.4. The van der Waals surface area contributed by atoms with Crippen molar-refractivity contribution in [2.45, 2.75) is 58.3 Å². The van der Waals surface area contributed by atoms with Crippen LogP contribution in [0.2, 0.25) is 0 Å². The van der Waals surface area contributed by atoms with Crippen LogP contribution in [0, 0.1) is 24.2 Å². The van der Waals surface area contributed by atoms with E-state index in [4.69, 9.17) is 4.42 Å². The summed E-state index contributed by atoms with van der Waals surface area (Å²) in [5.41, 5.74) is 1.14. The third kappa shape index (κ3) is 2.60. The molecule has 0 aliphatic heterocycles. The maximum absolute atomic E-state index is 12.4. The van der Waals surface area contributed by atoms with Crippen molar-refractivity contribution in [3.05, 3.63) is 17.3 Å². The number of hydrogen-bond donors (Lipinski definition) is 1. The van der Waals surface area contributed by atoms with Crippen molar-refractivity contribution in [1.29, 1.82) is 0 Å². The van der Waals surface area contributed by atoms with E-state index in [1.807, 2.05) is 6.92 Å². The van der Waals surface area contributed by atoms with E-state index in [1.54, 1.807) is 0 Å². The summed E-state index contributed by atoms with van der Waals surface area (Å²) in [6, 6.07) is 0. The van der Waals surface area contributed by atoms with Crippen LogP contribution in [0.25, 0.3) is 0 Å². The standard InChI is InChI=1S/C17H24N2O2/c1-11-15(21-14(19-11)9-12-3-4-12)16(20)18-10-17(7-2-8-17)13-5-6-13/h12-13H,2-10H2,1H3,(H,18,20). The summed E-state index contributed by atoms with van der Waals surface area (Å²) >= 11 is 0. The molecule has 1 N–H and O–H groups in total. The minimum atomic E-state index is -0.0750. The zero-order chi connectivity index (χ0) is 14.4. The fourth-order valence-electron chi connectivity index (χ4n) is 3.71. The molecule has 0 aromatic carbocycles. The molecule has 3 aliphatic carbocycles. The molecule has 3 saturated carbocycles. The Balaban J connectivity index is 1.38.